The minimum absolute atomic E-state index is 0.0833. The lowest BCUT2D eigenvalue weighted by molar-refractivity contribution is 0.170. The zero-order valence-corrected chi connectivity index (χ0v) is 34.4. The molecule has 2 unspecified atom stereocenters. The molecular formula is C54H46N2OS. The average Bonchev–Trinajstić information content (AvgIpc) is 3.46. The normalized spacial score (nSPS) is 20.7. The van der Waals surface area contributed by atoms with Gasteiger partial charge in [-0.15, -0.1) is 0 Å². The molecule has 58 heavy (non-hydrogen) atoms. The average molecular weight is 771 g/mol. The molecule has 2 atom stereocenters. The largest absolute Gasteiger partial charge is 0.481 e. The third-order valence-electron chi connectivity index (χ3n) is 13.1. The summed E-state index contributed by atoms with van der Waals surface area (Å²) in [6.07, 6.45) is 18.1. The van der Waals surface area contributed by atoms with Crippen molar-refractivity contribution in [3.05, 3.63) is 192 Å². The highest BCUT2D eigenvalue weighted by atomic mass is 32.3. The van der Waals surface area contributed by atoms with Crippen molar-refractivity contribution in [2.75, 3.05) is 22.3 Å². The molecule has 11 rings (SSSR count). The van der Waals surface area contributed by atoms with Crippen LogP contribution < -0.4 is 14.5 Å². The number of para-hydroxylation sites is 4. The summed E-state index contributed by atoms with van der Waals surface area (Å²) in [7, 11) is -1.16. The van der Waals surface area contributed by atoms with Gasteiger partial charge in [0.15, 0.2) is 0 Å². The number of allylic oxidation sites excluding steroid dienone is 2. The first-order valence-electron chi connectivity index (χ1n) is 20.3. The smallest absolute Gasteiger partial charge is 0.144 e. The number of hydrogen-bond acceptors (Lipinski definition) is 3. The maximum absolute atomic E-state index is 6.54. The molecule has 0 saturated carbocycles. The van der Waals surface area contributed by atoms with Gasteiger partial charge in [-0.3, -0.25) is 0 Å². The maximum Gasteiger partial charge on any atom is 0.144 e. The van der Waals surface area contributed by atoms with Crippen molar-refractivity contribution in [3.63, 3.8) is 0 Å². The minimum atomic E-state index is -1.16. The molecule has 0 fully saturated rings. The van der Waals surface area contributed by atoms with Crippen LogP contribution in [0.4, 0.5) is 28.4 Å². The second-order valence-electron chi connectivity index (χ2n) is 17.1. The van der Waals surface area contributed by atoms with E-state index < -0.39 is 10.0 Å². The third kappa shape index (κ3) is 5.01. The van der Waals surface area contributed by atoms with Crippen LogP contribution in [0.25, 0.3) is 34.1 Å². The van der Waals surface area contributed by atoms with Crippen LogP contribution >= 0.6 is 10.0 Å². The van der Waals surface area contributed by atoms with Gasteiger partial charge in [0.1, 0.15) is 17.4 Å². The van der Waals surface area contributed by atoms with Crippen molar-refractivity contribution in [1.82, 2.24) is 0 Å². The van der Waals surface area contributed by atoms with E-state index in [1.54, 1.807) is 0 Å². The van der Waals surface area contributed by atoms with Crippen LogP contribution in [0.5, 0.6) is 5.75 Å². The highest BCUT2D eigenvalue weighted by Crippen LogP contribution is 2.67. The molecule has 0 amide bonds. The first-order chi connectivity index (χ1) is 28.1. The summed E-state index contributed by atoms with van der Waals surface area (Å²) in [6.45, 7) is 7.03. The quantitative estimate of drug-likeness (QED) is 0.166. The van der Waals surface area contributed by atoms with Crippen molar-refractivity contribution >= 4 is 61.4 Å². The summed E-state index contributed by atoms with van der Waals surface area (Å²) < 4.78 is 6.54. The van der Waals surface area contributed by atoms with E-state index in [2.05, 4.69) is 225 Å². The summed E-state index contributed by atoms with van der Waals surface area (Å²) in [5, 5.41) is 2.49. The van der Waals surface area contributed by atoms with Gasteiger partial charge in [0.05, 0.1) is 22.7 Å². The third-order valence-corrected chi connectivity index (χ3v) is 16.0. The number of nitrogens with zero attached hydrogens (tertiary/aromatic N) is 2. The van der Waals surface area contributed by atoms with Crippen LogP contribution in [0.1, 0.15) is 43.0 Å². The summed E-state index contributed by atoms with van der Waals surface area (Å²) in [6, 6.07) is 54.0. The summed E-state index contributed by atoms with van der Waals surface area (Å²) in [5.74, 6) is 0.916. The van der Waals surface area contributed by atoms with Gasteiger partial charge in [-0.2, -0.15) is 10.0 Å². The first-order valence-corrected chi connectivity index (χ1v) is 22.7. The molecule has 0 aromatic heterocycles. The number of ether oxygens (including phenoxy) is 1. The Labute approximate surface area is 343 Å². The zero-order valence-electron chi connectivity index (χ0n) is 33.6. The van der Waals surface area contributed by atoms with Crippen LogP contribution in [0.3, 0.4) is 0 Å². The van der Waals surface area contributed by atoms with Crippen LogP contribution in [0.15, 0.2) is 180 Å². The predicted octanol–water partition coefficient (Wildman–Crippen LogP) is 14.4. The maximum atomic E-state index is 6.54. The van der Waals surface area contributed by atoms with E-state index in [9.17, 15) is 0 Å². The monoisotopic (exact) mass is 770 g/mol. The van der Waals surface area contributed by atoms with Crippen LogP contribution in [-0.4, -0.2) is 24.2 Å². The molecular weight excluding hydrogens is 725 g/mol. The zero-order chi connectivity index (χ0) is 39.4. The number of rotatable bonds is 4. The lowest BCUT2D eigenvalue weighted by Gasteiger charge is -2.50. The fraction of sp³-hybridized carbons (Fsp3) is 0.148. The van der Waals surface area contributed by atoms with E-state index in [0.29, 0.717) is 0 Å². The van der Waals surface area contributed by atoms with Gasteiger partial charge in [-0.05, 0) is 119 Å². The standard InChI is InChI=1S/C54H46N2OS/c1-53(2)43-34-36(28-31-40(43)41-32-30-38(35-44(41)53)56-46-19-6-9-23-49(46)57-52-26-12-13-33-54(52,56)3)27-29-37-16-14-18-42-39(37)17-15-22-45(42)55-47-20-7-10-24-50(47)58(4,5)51-25-11-8-21-48(51)55/h6-35,52H,1-5H3. The van der Waals surface area contributed by atoms with Crippen molar-refractivity contribution < 1.29 is 4.74 Å². The minimum Gasteiger partial charge on any atom is -0.481 e. The van der Waals surface area contributed by atoms with Crippen molar-refractivity contribution in [2.45, 2.75) is 47.6 Å². The Bertz CT molecular complexity index is 2890. The molecule has 0 saturated heterocycles. The van der Waals surface area contributed by atoms with Gasteiger partial charge in [-0.1, -0.05) is 135 Å². The summed E-state index contributed by atoms with van der Waals surface area (Å²) in [4.78, 5) is 7.81. The Morgan fingerprint density at radius 1 is 0.586 bits per heavy atom. The van der Waals surface area contributed by atoms with Gasteiger partial charge in [0.25, 0.3) is 0 Å². The number of fused-ring (bicyclic) bond motifs is 8. The molecule has 0 radical (unpaired) electrons. The Morgan fingerprint density at radius 3 is 2.00 bits per heavy atom. The van der Waals surface area contributed by atoms with E-state index in [1.807, 2.05) is 0 Å². The van der Waals surface area contributed by atoms with Crippen molar-refractivity contribution in [2.24, 2.45) is 0 Å². The molecule has 284 valence electrons. The number of hydrogen-bond donors (Lipinski definition) is 0. The lowest BCUT2D eigenvalue weighted by atomic mass is 9.81. The topological polar surface area (TPSA) is 15.7 Å². The molecule has 7 aromatic carbocycles. The molecule has 2 aliphatic heterocycles. The molecule has 0 bridgehead atoms. The molecule has 3 nitrogen and oxygen atoms in total. The van der Waals surface area contributed by atoms with E-state index in [1.165, 1.54) is 76.7 Å². The molecule has 2 aliphatic carbocycles. The Balaban J connectivity index is 0.950. The molecule has 4 heteroatoms. The van der Waals surface area contributed by atoms with Gasteiger partial charge in [0, 0.05) is 26.3 Å². The molecule has 4 aliphatic rings. The number of anilines is 5. The fourth-order valence-corrected chi connectivity index (χ4v) is 12.5. The number of benzene rings is 7. The summed E-state index contributed by atoms with van der Waals surface area (Å²) in [5.41, 5.74) is 13.3. The molecule has 2 heterocycles. The van der Waals surface area contributed by atoms with E-state index >= 15 is 0 Å². The van der Waals surface area contributed by atoms with Crippen molar-refractivity contribution in [3.8, 4) is 16.9 Å². The van der Waals surface area contributed by atoms with Crippen molar-refractivity contribution in [1.29, 1.82) is 0 Å². The first kappa shape index (κ1) is 35.0. The highest BCUT2D eigenvalue weighted by molar-refractivity contribution is 8.33. The Hall–Kier alpha value is -6.23. The van der Waals surface area contributed by atoms with Crippen LogP contribution in [-0.2, 0) is 5.41 Å². The molecule has 7 aromatic rings. The van der Waals surface area contributed by atoms with Gasteiger partial charge in [0.2, 0.25) is 0 Å². The van der Waals surface area contributed by atoms with Gasteiger partial charge >= 0.3 is 0 Å². The highest BCUT2D eigenvalue weighted by Gasteiger charge is 2.46. The lowest BCUT2D eigenvalue weighted by Crippen LogP contribution is -2.56. The molecule has 0 N–H and O–H groups in total. The summed E-state index contributed by atoms with van der Waals surface area (Å²) >= 11 is 0. The Kier molecular flexibility index (Phi) is 7.62. The second kappa shape index (κ2) is 12.6. The fourth-order valence-electron chi connectivity index (χ4n) is 10.1. The van der Waals surface area contributed by atoms with Gasteiger partial charge in [-0.25, -0.2) is 0 Å². The van der Waals surface area contributed by atoms with E-state index in [4.69, 9.17) is 4.74 Å². The van der Waals surface area contributed by atoms with Gasteiger partial charge < -0.3 is 14.5 Å². The predicted molar refractivity (Wildman–Crippen MR) is 247 cm³/mol. The van der Waals surface area contributed by atoms with E-state index in [-0.39, 0.29) is 17.1 Å². The Morgan fingerprint density at radius 2 is 1.22 bits per heavy atom. The molecule has 0 spiro atoms. The van der Waals surface area contributed by atoms with E-state index in [0.717, 1.165) is 11.4 Å². The van der Waals surface area contributed by atoms with Crippen LogP contribution in [0, 0.1) is 0 Å². The van der Waals surface area contributed by atoms with Crippen LogP contribution in [0.2, 0.25) is 0 Å². The SMILES string of the molecule is CC1(C)c2cc(C=Cc3cccc4c(N5c6ccccc6S(C)(C)c6ccccc65)cccc34)ccc2-c2ccc(N3c4ccccc4OC4C=CC=CC43C)cc21. The second-order valence-corrected chi connectivity index (χ2v) is 20.7.